The first kappa shape index (κ1) is 9.86. The van der Waals surface area contributed by atoms with E-state index in [4.69, 9.17) is 13.3 Å². The van der Waals surface area contributed by atoms with Crippen molar-refractivity contribution in [3.8, 4) is 0 Å². The second kappa shape index (κ2) is 5.71. The minimum absolute atomic E-state index is 0. The van der Waals surface area contributed by atoms with Gasteiger partial charge in [-0.15, -0.1) is 11.4 Å². The maximum Gasteiger partial charge on any atom is 1.00 e. The molecule has 0 aliphatic heterocycles. The van der Waals surface area contributed by atoms with Crippen LogP contribution in [0.3, 0.4) is 0 Å². The van der Waals surface area contributed by atoms with Gasteiger partial charge < -0.3 is 9.11 Å². The predicted molar refractivity (Wildman–Crippen MR) is 10.8 cm³/mol. The average Bonchev–Trinajstić information content (AvgIpc) is 0.811. The standard InChI is InChI=1S/K.H2O3S/c;1-4(2)3/h;(H2,1,2,3)/q+1;/p-1. The zero-order chi connectivity index (χ0) is 3.58. The van der Waals surface area contributed by atoms with Gasteiger partial charge in [-0.2, -0.15) is 0 Å². The van der Waals surface area contributed by atoms with E-state index in [0.717, 1.165) is 0 Å². The molecule has 0 spiro atoms. The Bertz CT molecular complexity index is 33.8. The molecule has 0 saturated carbocycles. The van der Waals surface area contributed by atoms with Crippen LogP contribution in [0.4, 0.5) is 0 Å². The van der Waals surface area contributed by atoms with Crippen LogP contribution in [0.5, 0.6) is 0 Å². The largest absolute Gasteiger partial charge is 1.00 e. The van der Waals surface area contributed by atoms with E-state index in [9.17, 15) is 0 Å². The van der Waals surface area contributed by atoms with Crippen LogP contribution in [-0.2, 0) is 11.4 Å². The van der Waals surface area contributed by atoms with E-state index in [1.165, 1.54) is 0 Å². The minimum atomic E-state index is -3.11. The molecule has 0 radical (unpaired) electrons. The Morgan fingerprint density at radius 3 is 1.60 bits per heavy atom. The van der Waals surface area contributed by atoms with Crippen LogP contribution in [0.1, 0.15) is 1.43 Å². The molecule has 0 rings (SSSR count). The van der Waals surface area contributed by atoms with Crippen molar-refractivity contribution >= 4 is 11.4 Å². The molecule has 0 fully saturated rings. The van der Waals surface area contributed by atoms with E-state index in [-0.39, 0.29) is 52.8 Å². The van der Waals surface area contributed by atoms with Gasteiger partial charge in [0.1, 0.15) is 0 Å². The average molecular weight is 120 g/mol. The van der Waals surface area contributed by atoms with E-state index in [2.05, 4.69) is 0 Å². The van der Waals surface area contributed by atoms with Crippen molar-refractivity contribution in [2.75, 3.05) is 0 Å². The Hall–Kier alpha value is 1.71. The molecule has 26 valence electrons. The van der Waals surface area contributed by atoms with Gasteiger partial charge in [-0.05, 0) is 0 Å². The Balaban J connectivity index is -0.0000000450. The second-order valence-electron chi connectivity index (χ2n) is 0.204. The molecule has 0 aromatic rings. The Morgan fingerprint density at radius 1 is 1.60 bits per heavy atom. The molecule has 0 heterocycles. The summed E-state index contributed by atoms with van der Waals surface area (Å²) in [6, 6.07) is 0. The van der Waals surface area contributed by atoms with Gasteiger partial charge in [-0.1, -0.05) is 0 Å². The summed E-state index contributed by atoms with van der Waals surface area (Å²) in [7, 11) is 0. The van der Waals surface area contributed by atoms with Crippen LogP contribution in [0, 0.1) is 0 Å². The summed E-state index contributed by atoms with van der Waals surface area (Å²) in [6.07, 6.45) is 0. The molecule has 5 heavy (non-hydrogen) atoms. The summed E-state index contributed by atoms with van der Waals surface area (Å²) in [5.74, 6) is 0. The summed E-state index contributed by atoms with van der Waals surface area (Å²) < 4.78 is 25.3. The monoisotopic (exact) mass is 120 g/mol. The molecule has 0 aromatic carbocycles. The van der Waals surface area contributed by atoms with Crippen molar-refractivity contribution in [1.29, 1.82) is 0 Å². The van der Waals surface area contributed by atoms with Crippen molar-refractivity contribution < 1.29 is 66.1 Å². The zero-order valence-corrected chi connectivity index (χ0v) is 6.57. The summed E-state index contributed by atoms with van der Waals surface area (Å²) in [4.78, 5) is 0. The van der Waals surface area contributed by atoms with E-state index < -0.39 is 11.4 Å². The van der Waals surface area contributed by atoms with E-state index in [1.807, 2.05) is 0 Å². The first-order chi connectivity index (χ1) is 1.73. The molecule has 0 atom stereocenters. The van der Waals surface area contributed by atoms with Crippen LogP contribution in [0.25, 0.3) is 0 Å². The van der Waals surface area contributed by atoms with E-state index in [0.29, 0.717) is 0 Å². The topological polar surface area (TPSA) is 63.2 Å². The van der Waals surface area contributed by atoms with Crippen LogP contribution in [0.15, 0.2) is 0 Å². The fraction of sp³-hybridized carbons (Fsp3) is 0. The number of hydrogen-bond acceptors (Lipinski definition) is 3. The fourth-order valence-electron chi connectivity index (χ4n) is 0. The molecule has 0 N–H and O–H groups in total. The Morgan fingerprint density at radius 2 is 1.60 bits per heavy atom. The molecule has 0 bridgehead atoms. The molecular formula is HKO3S. The van der Waals surface area contributed by atoms with Crippen molar-refractivity contribution in [3.05, 3.63) is 0 Å². The molecule has 0 aliphatic carbocycles. The minimum Gasteiger partial charge on any atom is -0.784 e. The third-order valence-electron chi connectivity index (χ3n) is 0. The molecule has 0 unspecified atom stereocenters. The van der Waals surface area contributed by atoms with Crippen molar-refractivity contribution in [2.45, 2.75) is 0 Å². The van der Waals surface area contributed by atoms with Gasteiger partial charge in [0.25, 0.3) is 0 Å². The van der Waals surface area contributed by atoms with Gasteiger partial charge in [0.2, 0.25) is 0 Å². The molecule has 5 heteroatoms. The van der Waals surface area contributed by atoms with Crippen LogP contribution >= 0.6 is 0 Å². The van der Waals surface area contributed by atoms with Crippen LogP contribution < -0.4 is 51.4 Å². The van der Waals surface area contributed by atoms with Crippen LogP contribution in [-0.4, -0.2) is 13.3 Å². The Labute approximate surface area is 76.2 Å². The van der Waals surface area contributed by atoms with Gasteiger partial charge in [0, 0.05) is 0 Å². The van der Waals surface area contributed by atoms with Gasteiger partial charge in [-0.3, -0.25) is 4.21 Å². The quantitative estimate of drug-likeness (QED) is 0.242. The fourth-order valence-corrected chi connectivity index (χ4v) is 0. The third-order valence-corrected chi connectivity index (χ3v) is 0. The first-order valence-electron chi connectivity index (χ1n) is 0.500. The van der Waals surface area contributed by atoms with Crippen molar-refractivity contribution in [1.82, 2.24) is 0 Å². The van der Waals surface area contributed by atoms with E-state index in [1.54, 1.807) is 0 Å². The molecule has 0 aromatic heterocycles. The molecule has 3 nitrogen and oxygen atoms in total. The van der Waals surface area contributed by atoms with Crippen molar-refractivity contribution in [3.63, 3.8) is 0 Å². The van der Waals surface area contributed by atoms with E-state index >= 15 is 0 Å². The van der Waals surface area contributed by atoms with Gasteiger partial charge >= 0.3 is 52.8 Å². The smallest absolute Gasteiger partial charge is 0.784 e. The third kappa shape index (κ3) is 26.9. The number of rotatable bonds is 0. The normalized spacial score (nSPS) is 7.00. The molecule has 0 aliphatic rings. The maximum atomic E-state index is 8.44. The maximum absolute atomic E-state index is 8.44. The predicted octanol–water partition coefficient (Wildman–Crippen LogP) is -3.89. The van der Waals surface area contributed by atoms with Crippen molar-refractivity contribution in [2.24, 2.45) is 0 Å². The summed E-state index contributed by atoms with van der Waals surface area (Å²) in [5.41, 5.74) is 0. The summed E-state index contributed by atoms with van der Waals surface area (Å²) in [6.45, 7) is 0. The molecule has 0 saturated heterocycles. The van der Waals surface area contributed by atoms with Crippen LogP contribution in [0.2, 0.25) is 0 Å². The summed E-state index contributed by atoms with van der Waals surface area (Å²) >= 11 is -3.11. The zero-order valence-electron chi connectivity index (χ0n) is 3.63. The molecule has 0 amide bonds. The van der Waals surface area contributed by atoms with Gasteiger partial charge in [0.05, 0.1) is 0 Å². The van der Waals surface area contributed by atoms with Gasteiger partial charge in [-0.25, -0.2) is 0 Å². The summed E-state index contributed by atoms with van der Waals surface area (Å²) in [5, 5.41) is 0. The second-order valence-corrected chi connectivity index (χ2v) is 0.612. The first-order valence-corrected chi connectivity index (χ1v) is 1.50. The number of hydrogen-bond donors (Lipinski definition) is 0. The van der Waals surface area contributed by atoms with Gasteiger partial charge in [0.15, 0.2) is 0 Å². The molecular weight excluding hydrogens is 119 g/mol. The SMILES string of the molecule is O=S([O-])[O-].[H+].[K+]. The Kier molecular flexibility index (Phi) is 11.3.